The van der Waals surface area contributed by atoms with E-state index in [0.29, 0.717) is 12.8 Å². The van der Waals surface area contributed by atoms with Crippen LogP contribution in [0, 0.1) is 0 Å². The minimum atomic E-state index is -0.787. The summed E-state index contributed by atoms with van der Waals surface area (Å²) in [7, 11) is 0. The fourth-order valence-corrected chi connectivity index (χ4v) is 6.01. The number of unbranched alkanes of at least 4 members (excludes halogenated alkanes) is 21. The van der Waals surface area contributed by atoms with Gasteiger partial charge in [0, 0.05) is 12.8 Å². The molecular weight excluding hydrogens is 645 g/mol. The topological polar surface area (TPSA) is 72.8 Å². The van der Waals surface area contributed by atoms with Crippen molar-refractivity contribution in [1.82, 2.24) is 0 Å². The highest BCUT2D eigenvalue weighted by molar-refractivity contribution is 5.70. The fourth-order valence-electron chi connectivity index (χ4n) is 6.01. The van der Waals surface area contributed by atoms with Crippen LogP contribution in [0.25, 0.3) is 0 Å². The second-order valence-corrected chi connectivity index (χ2v) is 14.4. The van der Waals surface area contributed by atoms with Gasteiger partial charge in [-0.2, -0.15) is 0 Å². The first-order chi connectivity index (χ1) is 25.6. The summed E-state index contributed by atoms with van der Waals surface area (Å²) in [5.74, 6) is -0.621. The second kappa shape index (κ2) is 43.0. The Morgan fingerprint density at radius 3 is 1.27 bits per heavy atom. The highest BCUT2D eigenvalue weighted by Gasteiger charge is 2.16. The molecule has 5 nitrogen and oxygen atoms in total. The second-order valence-electron chi connectivity index (χ2n) is 14.4. The Bertz CT molecular complexity index is 915. The van der Waals surface area contributed by atoms with E-state index in [1.807, 2.05) is 0 Å². The monoisotopic (exact) mass is 727 g/mol. The van der Waals surface area contributed by atoms with Gasteiger partial charge in [-0.3, -0.25) is 9.59 Å². The average Bonchev–Trinajstić information content (AvgIpc) is 3.15. The third-order valence-electron chi connectivity index (χ3n) is 9.30. The van der Waals surface area contributed by atoms with Gasteiger partial charge in [-0.05, 0) is 77.0 Å². The summed E-state index contributed by atoms with van der Waals surface area (Å²) in [6, 6.07) is 0. The highest BCUT2D eigenvalue weighted by atomic mass is 16.6. The third-order valence-corrected chi connectivity index (χ3v) is 9.30. The van der Waals surface area contributed by atoms with Gasteiger partial charge in [0.15, 0.2) is 6.10 Å². The normalized spacial score (nSPS) is 12.8. The van der Waals surface area contributed by atoms with E-state index in [2.05, 4.69) is 74.6 Å². The molecule has 0 saturated carbocycles. The molecule has 1 N–H and O–H groups in total. The van der Waals surface area contributed by atoms with Gasteiger partial charge in [-0.1, -0.05) is 177 Å². The van der Waals surface area contributed by atoms with Crippen LogP contribution in [0.5, 0.6) is 0 Å². The Kier molecular flexibility index (Phi) is 41.0. The minimum Gasteiger partial charge on any atom is -0.462 e. The number of ether oxygens (including phenoxy) is 2. The first-order valence-corrected chi connectivity index (χ1v) is 21.8. The van der Waals surface area contributed by atoms with E-state index in [4.69, 9.17) is 9.47 Å². The van der Waals surface area contributed by atoms with E-state index >= 15 is 0 Å². The van der Waals surface area contributed by atoms with E-state index in [9.17, 15) is 14.7 Å². The lowest BCUT2D eigenvalue weighted by atomic mass is 10.1. The summed E-state index contributed by atoms with van der Waals surface area (Å²) in [5, 5.41) is 9.58. The molecule has 0 heterocycles. The molecule has 300 valence electrons. The molecule has 0 aromatic carbocycles. The van der Waals surface area contributed by atoms with Crippen LogP contribution in [0.3, 0.4) is 0 Å². The molecule has 0 rings (SSSR count). The molecule has 1 unspecified atom stereocenters. The summed E-state index contributed by atoms with van der Waals surface area (Å²) in [4.78, 5) is 24.3. The summed E-state index contributed by atoms with van der Waals surface area (Å²) >= 11 is 0. The molecule has 0 aliphatic rings. The van der Waals surface area contributed by atoms with Crippen molar-refractivity contribution in [2.45, 2.75) is 213 Å². The lowest BCUT2D eigenvalue weighted by Gasteiger charge is -2.15. The van der Waals surface area contributed by atoms with Gasteiger partial charge in [0.25, 0.3) is 0 Å². The van der Waals surface area contributed by atoms with Gasteiger partial charge in [-0.25, -0.2) is 0 Å². The Labute approximate surface area is 321 Å². The van der Waals surface area contributed by atoms with Crippen molar-refractivity contribution < 1.29 is 24.2 Å². The van der Waals surface area contributed by atoms with Gasteiger partial charge < -0.3 is 14.6 Å². The molecule has 0 amide bonds. The van der Waals surface area contributed by atoms with Crippen LogP contribution in [0.15, 0.2) is 60.8 Å². The summed E-state index contributed by atoms with van der Waals surface area (Å²) < 4.78 is 10.6. The smallest absolute Gasteiger partial charge is 0.306 e. The van der Waals surface area contributed by atoms with Crippen molar-refractivity contribution in [3.63, 3.8) is 0 Å². The van der Waals surface area contributed by atoms with Crippen LogP contribution in [0.4, 0.5) is 0 Å². The largest absolute Gasteiger partial charge is 0.462 e. The van der Waals surface area contributed by atoms with Crippen LogP contribution in [0.2, 0.25) is 0 Å². The number of carbonyl (C=O) groups excluding carboxylic acids is 2. The molecule has 52 heavy (non-hydrogen) atoms. The van der Waals surface area contributed by atoms with Gasteiger partial charge in [-0.15, -0.1) is 0 Å². The third kappa shape index (κ3) is 40.4. The Balaban J connectivity index is 3.57. The van der Waals surface area contributed by atoms with Gasteiger partial charge in [0.1, 0.15) is 6.61 Å². The fraction of sp³-hybridized carbons (Fsp3) is 0.745. The van der Waals surface area contributed by atoms with Crippen LogP contribution >= 0.6 is 0 Å². The number of esters is 2. The van der Waals surface area contributed by atoms with Crippen LogP contribution < -0.4 is 0 Å². The predicted molar refractivity (Wildman–Crippen MR) is 223 cm³/mol. The zero-order valence-electron chi connectivity index (χ0n) is 34.1. The molecule has 0 bridgehead atoms. The molecule has 5 heteroatoms. The Morgan fingerprint density at radius 2 is 0.827 bits per heavy atom. The standard InChI is InChI=1S/C47H82O5/c1-3-5-7-9-11-13-15-17-19-21-22-23-24-26-27-29-31-33-35-37-39-41-46(49)51-44-45(43-48)52-47(50)42-40-38-36-34-32-30-28-25-20-18-16-14-12-10-8-6-4-2/h6,8,12,14,18,20-22,28,30,45,48H,3-5,7,9-11,13,15-17,19,23-27,29,31-44H2,1-2H3/b8-6-,14-12-,20-18-,22-21-,30-28-. The SMILES string of the molecule is CC/C=C\C/C=C\C/C=C\C/C=C\CCCCCCC(=O)OC(CO)COC(=O)CCCCCCCCCCC/C=C\CCCCCCCCCC. The molecule has 0 spiro atoms. The zero-order chi connectivity index (χ0) is 37.8. The Morgan fingerprint density at radius 1 is 0.462 bits per heavy atom. The molecule has 0 radical (unpaired) electrons. The highest BCUT2D eigenvalue weighted by Crippen LogP contribution is 2.14. The molecule has 0 saturated heterocycles. The molecule has 0 aliphatic carbocycles. The number of allylic oxidation sites excluding steroid dienone is 10. The van der Waals surface area contributed by atoms with E-state index in [0.717, 1.165) is 77.0 Å². The number of rotatable bonds is 39. The van der Waals surface area contributed by atoms with Gasteiger partial charge in [0.05, 0.1) is 6.61 Å². The summed E-state index contributed by atoms with van der Waals surface area (Å²) in [5.41, 5.74) is 0. The molecular formula is C47H82O5. The number of aliphatic hydroxyl groups excluding tert-OH is 1. The lowest BCUT2D eigenvalue weighted by molar-refractivity contribution is -0.161. The number of carbonyl (C=O) groups is 2. The van der Waals surface area contributed by atoms with Crippen molar-refractivity contribution in [3.8, 4) is 0 Å². The van der Waals surface area contributed by atoms with Crippen molar-refractivity contribution >= 4 is 11.9 Å². The van der Waals surface area contributed by atoms with Crippen LogP contribution in [0.1, 0.15) is 206 Å². The summed E-state index contributed by atoms with van der Waals surface area (Å²) in [6.07, 6.45) is 55.8. The van der Waals surface area contributed by atoms with Crippen LogP contribution in [-0.4, -0.2) is 36.4 Å². The first-order valence-electron chi connectivity index (χ1n) is 21.8. The molecule has 0 aliphatic heterocycles. The number of hydrogen-bond acceptors (Lipinski definition) is 5. The van der Waals surface area contributed by atoms with E-state index in [1.165, 1.54) is 103 Å². The Hall–Kier alpha value is -2.40. The number of hydrogen-bond donors (Lipinski definition) is 1. The quantitative estimate of drug-likeness (QED) is 0.0388. The summed E-state index contributed by atoms with van der Waals surface area (Å²) in [6.45, 7) is 4.01. The maximum atomic E-state index is 12.2. The van der Waals surface area contributed by atoms with Crippen molar-refractivity contribution in [2.24, 2.45) is 0 Å². The zero-order valence-corrected chi connectivity index (χ0v) is 34.1. The molecule has 0 aromatic heterocycles. The molecule has 1 atom stereocenters. The van der Waals surface area contributed by atoms with Crippen molar-refractivity contribution in [3.05, 3.63) is 60.8 Å². The van der Waals surface area contributed by atoms with E-state index in [1.54, 1.807) is 0 Å². The maximum Gasteiger partial charge on any atom is 0.306 e. The number of aliphatic hydroxyl groups is 1. The van der Waals surface area contributed by atoms with Crippen molar-refractivity contribution in [1.29, 1.82) is 0 Å². The predicted octanol–water partition coefficient (Wildman–Crippen LogP) is 14.0. The average molecular weight is 727 g/mol. The van der Waals surface area contributed by atoms with Gasteiger partial charge >= 0.3 is 11.9 Å². The maximum absolute atomic E-state index is 12.2. The van der Waals surface area contributed by atoms with Crippen molar-refractivity contribution in [2.75, 3.05) is 13.2 Å². The molecule has 0 aromatic rings. The van der Waals surface area contributed by atoms with Gasteiger partial charge in [0.2, 0.25) is 0 Å². The first kappa shape index (κ1) is 49.6. The molecule has 0 fully saturated rings. The van der Waals surface area contributed by atoms with Crippen LogP contribution in [-0.2, 0) is 19.1 Å². The lowest BCUT2D eigenvalue weighted by Crippen LogP contribution is -2.28. The van der Waals surface area contributed by atoms with E-state index < -0.39 is 6.10 Å². The van der Waals surface area contributed by atoms with E-state index in [-0.39, 0.29) is 25.2 Å². The minimum absolute atomic E-state index is 0.0784.